The quantitative estimate of drug-likeness (QED) is 0.443. The highest BCUT2D eigenvalue weighted by molar-refractivity contribution is 7.84. The Morgan fingerprint density at radius 2 is 1.90 bits per heavy atom. The molecule has 0 aliphatic carbocycles. The third-order valence-corrected chi connectivity index (χ3v) is 1.81. The van der Waals surface area contributed by atoms with Crippen molar-refractivity contribution in [1.29, 1.82) is 0 Å². The summed E-state index contributed by atoms with van der Waals surface area (Å²) in [7, 11) is 0. The molecule has 4 nitrogen and oxygen atoms in total. The van der Waals surface area contributed by atoms with Crippen molar-refractivity contribution in [2.24, 2.45) is 5.73 Å². The van der Waals surface area contributed by atoms with Crippen molar-refractivity contribution in [3.8, 4) is 0 Å². The van der Waals surface area contributed by atoms with Gasteiger partial charge >= 0.3 is 0 Å². The maximum absolute atomic E-state index is 10.5. The van der Waals surface area contributed by atoms with Gasteiger partial charge in [0, 0.05) is 5.70 Å². The summed E-state index contributed by atoms with van der Waals surface area (Å²) in [6.45, 7) is 2.60. The fraction of sp³-hybridized carbons (Fsp3) is 0.400. The number of ketones is 1. The molecule has 1 unspecified atom stereocenters. The Hall–Kier alpha value is -0.680. The molecule has 0 aromatic rings. The Morgan fingerprint density at radius 3 is 1.90 bits per heavy atom. The van der Waals surface area contributed by atoms with Crippen LogP contribution in [0.2, 0.25) is 0 Å². The van der Waals surface area contributed by atoms with E-state index in [9.17, 15) is 9.00 Å². The van der Waals surface area contributed by atoms with Gasteiger partial charge in [-0.3, -0.25) is 4.79 Å². The summed E-state index contributed by atoms with van der Waals surface area (Å²) in [5.74, 6) is -0.471. The van der Waals surface area contributed by atoms with Crippen LogP contribution in [0.3, 0.4) is 0 Å². The maximum Gasteiger partial charge on any atom is 0.191 e. The molecule has 0 spiro atoms. The lowest BCUT2D eigenvalue weighted by Crippen LogP contribution is -2.10. The van der Waals surface area contributed by atoms with Crippen molar-refractivity contribution in [3.05, 3.63) is 10.6 Å². The highest BCUT2D eigenvalue weighted by Gasteiger charge is 2.11. The fourth-order valence-corrected chi connectivity index (χ4v) is 1.06. The van der Waals surface area contributed by atoms with Gasteiger partial charge in [0.1, 0.15) is 4.91 Å². The van der Waals surface area contributed by atoms with E-state index < -0.39 is 16.9 Å². The molecule has 3 N–H and O–H groups in total. The number of allylic oxidation sites excluding steroid dienone is 2. The van der Waals surface area contributed by atoms with E-state index in [1.807, 2.05) is 0 Å². The van der Waals surface area contributed by atoms with Crippen LogP contribution in [0.4, 0.5) is 0 Å². The van der Waals surface area contributed by atoms with Crippen LogP contribution in [0.15, 0.2) is 10.6 Å². The standard InChI is InChI=1S/C5H9NO3S/c1-3(6)5(4(2)7)10(8)9/h6H2,1-2H3,(H,8,9). The molecule has 0 rings (SSSR count). The van der Waals surface area contributed by atoms with Crippen LogP contribution in [0.5, 0.6) is 0 Å². The second-order valence-electron chi connectivity index (χ2n) is 1.82. The fourth-order valence-electron chi connectivity index (χ4n) is 0.538. The van der Waals surface area contributed by atoms with Crippen molar-refractivity contribution >= 4 is 16.9 Å². The summed E-state index contributed by atoms with van der Waals surface area (Å²) < 4.78 is 18.8. The molecule has 58 valence electrons. The zero-order valence-corrected chi connectivity index (χ0v) is 6.57. The summed E-state index contributed by atoms with van der Waals surface area (Å²) in [6.07, 6.45) is 0. The Kier molecular flexibility index (Phi) is 3.24. The molecule has 0 amide bonds. The van der Waals surface area contributed by atoms with Gasteiger partial charge in [-0.25, -0.2) is 4.21 Å². The van der Waals surface area contributed by atoms with Crippen molar-refractivity contribution in [2.45, 2.75) is 13.8 Å². The average molecular weight is 163 g/mol. The monoisotopic (exact) mass is 163 g/mol. The zero-order valence-electron chi connectivity index (χ0n) is 5.75. The second kappa shape index (κ2) is 3.48. The minimum Gasteiger partial charge on any atom is -0.401 e. The third kappa shape index (κ3) is 2.28. The molecule has 0 saturated carbocycles. The van der Waals surface area contributed by atoms with Gasteiger partial charge < -0.3 is 10.3 Å². The lowest BCUT2D eigenvalue weighted by atomic mass is 10.3. The van der Waals surface area contributed by atoms with Crippen LogP contribution < -0.4 is 5.73 Å². The highest BCUT2D eigenvalue weighted by atomic mass is 32.2. The predicted molar refractivity (Wildman–Crippen MR) is 38.3 cm³/mol. The van der Waals surface area contributed by atoms with E-state index >= 15 is 0 Å². The topological polar surface area (TPSA) is 80.4 Å². The normalized spacial score (nSPS) is 15.9. The molecular weight excluding hydrogens is 154 g/mol. The number of carbonyl (C=O) groups excluding carboxylic acids is 1. The number of nitrogens with two attached hydrogens (primary N) is 1. The molecule has 0 bridgehead atoms. The Balaban J connectivity index is 4.79. The van der Waals surface area contributed by atoms with Crippen LogP contribution in [0.1, 0.15) is 13.8 Å². The van der Waals surface area contributed by atoms with E-state index in [1.54, 1.807) is 0 Å². The predicted octanol–water partition coefficient (Wildman–Crippen LogP) is -0.0127. The Bertz CT molecular complexity index is 189. The van der Waals surface area contributed by atoms with E-state index in [2.05, 4.69) is 0 Å². The SMILES string of the molecule is CC(=O)C(=C(C)N)S(=O)O. The third-order valence-electron chi connectivity index (χ3n) is 0.853. The number of hydrogen-bond donors (Lipinski definition) is 2. The van der Waals surface area contributed by atoms with Gasteiger partial charge in [-0.2, -0.15) is 0 Å². The van der Waals surface area contributed by atoms with Gasteiger partial charge in [0.25, 0.3) is 0 Å². The molecule has 0 aromatic heterocycles. The van der Waals surface area contributed by atoms with E-state index in [4.69, 9.17) is 10.3 Å². The lowest BCUT2D eigenvalue weighted by molar-refractivity contribution is -0.113. The Morgan fingerprint density at radius 1 is 1.50 bits per heavy atom. The van der Waals surface area contributed by atoms with Gasteiger partial charge in [-0.1, -0.05) is 0 Å². The van der Waals surface area contributed by atoms with Crippen LogP contribution >= 0.6 is 0 Å². The number of Topliss-reactive ketones (excluding diaryl/α,β-unsaturated/α-hetero) is 1. The van der Waals surface area contributed by atoms with Crippen LogP contribution in [-0.2, 0) is 15.9 Å². The molecular formula is C5H9NO3S. The highest BCUT2D eigenvalue weighted by Crippen LogP contribution is 2.03. The maximum atomic E-state index is 10.5. The molecule has 0 aromatic carbocycles. The first-order valence-corrected chi connectivity index (χ1v) is 3.65. The first kappa shape index (κ1) is 9.32. The summed E-state index contributed by atoms with van der Waals surface area (Å²) in [5, 5.41) is 0. The molecule has 1 atom stereocenters. The van der Waals surface area contributed by atoms with Crippen molar-refractivity contribution < 1.29 is 13.6 Å². The number of carbonyl (C=O) groups is 1. The van der Waals surface area contributed by atoms with Gasteiger partial charge in [0.15, 0.2) is 16.9 Å². The van der Waals surface area contributed by atoms with Crippen LogP contribution in [0.25, 0.3) is 0 Å². The minimum atomic E-state index is -2.26. The van der Waals surface area contributed by atoms with Gasteiger partial charge in [-0.15, -0.1) is 0 Å². The van der Waals surface area contributed by atoms with Gasteiger partial charge in [-0.05, 0) is 13.8 Å². The molecule has 0 aliphatic heterocycles. The van der Waals surface area contributed by atoms with E-state index in [0.29, 0.717) is 0 Å². The summed E-state index contributed by atoms with van der Waals surface area (Å²) in [6, 6.07) is 0. The second-order valence-corrected chi connectivity index (χ2v) is 2.72. The van der Waals surface area contributed by atoms with Crippen molar-refractivity contribution in [3.63, 3.8) is 0 Å². The molecule has 0 radical (unpaired) electrons. The van der Waals surface area contributed by atoms with E-state index in [1.165, 1.54) is 13.8 Å². The van der Waals surface area contributed by atoms with Gasteiger partial charge in [0.2, 0.25) is 0 Å². The molecule has 0 aliphatic rings. The lowest BCUT2D eigenvalue weighted by Gasteiger charge is -1.98. The first-order chi connectivity index (χ1) is 4.46. The summed E-state index contributed by atoms with van der Waals surface area (Å²) >= 11 is -2.26. The van der Waals surface area contributed by atoms with E-state index in [0.717, 1.165) is 0 Å². The molecule has 0 heterocycles. The first-order valence-electron chi connectivity index (χ1n) is 2.55. The smallest absolute Gasteiger partial charge is 0.191 e. The minimum absolute atomic E-state index is 0.0910. The molecule has 0 saturated heterocycles. The van der Waals surface area contributed by atoms with Crippen LogP contribution in [0, 0.1) is 0 Å². The number of rotatable bonds is 2. The number of hydrogen-bond acceptors (Lipinski definition) is 3. The largest absolute Gasteiger partial charge is 0.401 e. The van der Waals surface area contributed by atoms with Crippen molar-refractivity contribution in [2.75, 3.05) is 0 Å². The molecule has 10 heavy (non-hydrogen) atoms. The molecule has 5 heteroatoms. The average Bonchev–Trinajstić information content (AvgIpc) is 1.59. The van der Waals surface area contributed by atoms with E-state index in [-0.39, 0.29) is 10.6 Å². The summed E-state index contributed by atoms with van der Waals surface area (Å²) in [4.78, 5) is 10.3. The van der Waals surface area contributed by atoms with Crippen LogP contribution in [-0.4, -0.2) is 14.5 Å². The zero-order chi connectivity index (χ0) is 8.31. The Labute approximate surface area is 61.4 Å². The van der Waals surface area contributed by atoms with Crippen molar-refractivity contribution in [1.82, 2.24) is 0 Å². The van der Waals surface area contributed by atoms with Gasteiger partial charge in [0.05, 0.1) is 0 Å². The summed E-state index contributed by atoms with van der Waals surface area (Å²) in [5.41, 5.74) is 5.24. The molecule has 0 fully saturated rings.